The minimum Gasteiger partial charge on any atom is -0.325 e. The van der Waals surface area contributed by atoms with Crippen LogP contribution < -0.4 is 5.32 Å². The molecule has 2 rings (SSSR count). The lowest BCUT2D eigenvalue weighted by Gasteiger charge is -2.47. The second-order valence-corrected chi connectivity index (χ2v) is 5.31. The van der Waals surface area contributed by atoms with Gasteiger partial charge in [-0.1, -0.05) is 0 Å². The monoisotopic (exact) mass is 239 g/mol. The van der Waals surface area contributed by atoms with Gasteiger partial charge in [-0.25, -0.2) is 4.79 Å². The van der Waals surface area contributed by atoms with E-state index in [0.29, 0.717) is 12.8 Å². The molecule has 1 N–H and O–H groups in total. The highest BCUT2D eigenvalue weighted by Gasteiger charge is 2.41. The molecule has 2 aliphatic heterocycles. The van der Waals surface area contributed by atoms with Gasteiger partial charge in [-0.05, 0) is 13.8 Å². The molecule has 0 aromatic heterocycles. The maximum absolute atomic E-state index is 12.4. The van der Waals surface area contributed by atoms with Crippen molar-refractivity contribution in [1.82, 2.24) is 15.1 Å². The Balaban J connectivity index is 2.14. The van der Waals surface area contributed by atoms with Crippen molar-refractivity contribution in [1.29, 1.82) is 0 Å². The van der Waals surface area contributed by atoms with Gasteiger partial charge in [-0.2, -0.15) is 0 Å². The quantitative estimate of drug-likeness (QED) is 0.723. The van der Waals surface area contributed by atoms with E-state index in [1.54, 1.807) is 4.90 Å². The van der Waals surface area contributed by atoms with Crippen molar-refractivity contribution in [3.63, 3.8) is 0 Å². The third kappa shape index (κ3) is 2.29. The van der Waals surface area contributed by atoms with Crippen molar-refractivity contribution in [3.8, 4) is 0 Å². The van der Waals surface area contributed by atoms with Crippen molar-refractivity contribution in [2.45, 2.75) is 44.8 Å². The summed E-state index contributed by atoms with van der Waals surface area (Å²) in [6, 6.07) is 0.338. The number of Topliss-reactive ketones (excluding diaryl/α,β-unsaturated/α-hetero) is 1. The number of rotatable bonds is 1. The minimum atomic E-state index is 0.0451. The number of piperidine rings is 1. The van der Waals surface area contributed by atoms with Crippen LogP contribution in [0.15, 0.2) is 0 Å². The number of hydrogen-bond donors (Lipinski definition) is 1. The molecule has 2 bridgehead atoms. The lowest BCUT2D eigenvalue weighted by molar-refractivity contribution is -0.125. The summed E-state index contributed by atoms with van der Waals surface area (Å²) >= 11 is 0. The van der Waals surface area contributed by atoms with Crippen LogP contribution in [0.1, 0.15) is 26.7 Å². The fourth-order valence-corrected chi connectivity index (χ4v) is 2.58. The fraction of sp³-hybridized carbons (Fsp3) is 0.833. The first-order valence-electron chi connectivity index (χ1n) is 6.28. The maximum atomic E-state index is 12.4. The number of hydrogen-bond acceptors (Lipinski definition) is 3. The minimum absolute atomic E-state index is 0.0451. The average Bonchev–Trinajstić information content (AvgIpc) is 2.25. The van der Waals surface area contributed by atoms with Crippen molar-refractivity contribution in [2.75, 3.05) is 20.1 Å². The van der Waals surface area contributed by atoms with Crippen LogP contribution in [0.5, 0.6) is 0 Å². The highest BCUT2D eigenvalue weighted by atomic mass is 16.2. The van der Waals surface area contributed by atoms with Gasteiger partial charge >= 0.3 is 6.03 Å². The summed E-state index contributed by atoms with van der Waals surface area (Å²) in [5.74, 6) is 0.290. The molecule has 2 heterocycles. The van der Waals surface area contributed by atoms with Crippen LogP contribution in [0.2, 0.25) is 0 Å². The van der Waals surface area contributed by atoms with Gasteiger partial charge in [0, 0.05) is 39.0 Å². The summed E-state index contributed by atoms with van der Waals surface area (Å²) in [7, 11) is 1.83. The average molecular weight is 239 g/mol. The topological polar surface area (TPSA) is 52.7 Å². The van der Waals surface area contributed by atoms with E-state index in [1.165, 1.54) is 0 Å². The van der Waals surface area contributed by atoms with Crippen LogP contribution in [0.3, 0.4) is 0 Å². The Hall–Kier alpha value is -1.10. The standard InChI is InChI=1S/C12H21N3O2/c1-8(2)14(3)12(17)15-9-4-11(16)5-10(15)7-13-6-9/h8-10,13H,4-7H2,1-3H3. The first-order chi connectivity index (χ1) is 8.00. The Labute approximate surface area is 102 Å². The van der Waals surface area contributed by atoms with E-state index in [4.69, 9.17) is 0 Å². The molecule has 2 atom stereocenters. The Morgan fingerprint density at radius 1 is 1.35 bits per heavy atom. The van der Waals surface area contributed by atoms with Crippen LogP contribution in [0, 0.1) is 0 Å². The molecule has 0 aromatic carbocycles. The predicted molar refractivity (Wildman–Crippen MR) is 64.8 cm³/mol. The number of amides is 2. The first-order valence-corrected chi connectivity index (χ1v) is 6.28. The molecular weight excluding hydrogens is 218 g/mol. The summed E-state index contributed by atoms with van der Waals surface area (Å²) in [5, 5.41) is 3.30. The second-order valence-electron chi connectivity index (χ2n) is 5.31. The zero-order valence-corrected chi connectivity index (χ0v) is 10.8. The Bertz CT molecular complexity index is 314. The number of carbonyl (C=O) groups is 2. The van der Waals surface area contributed by atoms with Crippen LogP contribution in [0.25, 0.3) is 0 Å². The smallest absolute Gasteiger partial charge is 0.320 e. The van der Waals surface area contributed by atoms with E-state index in [-0.39, 0.29) is 29.9 Å². The van der Waals surface area contributed by atoms with Crippen LogP contribution in [-0.2, 0) is 4.79 Å². The molecule has 2 unspecified atom stereocenters. The molecule has 96 valence electrons. The van der Waals surface area contributed by atoms with Gasteiger partial charge in [-0.3, -0.25) is 4.79 Å². The van der Waals surface area contributed by atoms with E-state index in [2.05, 4.69) is 5.32 Å². The van der Waals surface area contributed by atoms with E-state index in [9.17, 15) is 9.59 Å². The summed E-state index contributed by atoms with van der Waals surface area (Å²) in [4.78, 5) is 27.6. The van der Waals surface area contributed by atoms with E-state index in [0.717, 1.165) is 13.1 Å². The number of fused-ring (bicyclic) bond motifs is 2. The molecular formula is C12H21N3O2. The second kappa shape index (κ2) is 4.64. The molecule has 2 fully saturated rings. The van der Waals surface area contributed by atoms with Crippen LogP contribution in [-0.4, -0.2) is 59.9 Å². The summed E-state index contributed by atoms with van der Waals surface area (Å²) in [6.07, 6.45) is 1.00. The molecule has 0 aromatic rings. The molecule has 0 spiro atoms. The largest absolute Gasteiger partial charge is 0.325 e. The summed E-state index contributed by atoms with van der Waals surface area (Å²) in [6.45, 7) is 5.47. The zero-order chi connectivity index (χ0) is 12.6. The van der Waals surface area contributed by atoms with Crippen LogP contribution >= 0.6 is 0 Å². The molecule has 5 heteroatoms. The van der Waals surface area contributed by atoms with E-state index in [1.807, 2.05) is 25.8 Å². The van der Waals surface area contributed by atoms with Gasteiger partial charge in [0.05, 0.1) is 12.1 Å². The maximum Gasteiger partial charge on any atom is 0.320 e. The number of nitrogens with one attached hydrogen (secondary N) is 1. The predicted octanol–water partition coefficient (Wildman–Crippen LogP) is 0.452. The Kier molecular flexibility index (Phi) is 3.38. The lowest BCUT2D eigenvalue weighted by atomic mass is 9.91. The lowest BCUT2D eigenvalue weighted by Crippen LogP contribution is -2.65. The normalized spacial score (nSPS) is 28.5. The summed E-state index contributed by atoms with van der Waals surface area (Å²) < 4.78 is 0. The van der Waals surface area contributed by atoms with Crippen molar-refractivity contribution < 1.29 is 9.59 Å². The Morgan fingerprint density at radius 2 is 1.88 bits per heavy atom. The van der Waals surface area contributed by atoms with Gasteiger partial charge in [0.15, 0.2) is 0 Å². The highest BCUT2D eigenvalue weighted by molar-refractivity contribution is 5.84. The number of nitrogens with zero attached hydrogens (tertiary/aromatic N) is 2. The van der Waals surface area contributed by atoms with Crippen LogP contribution in [0.4, 0.5) is 4.79 Å². The van der Waals surface area contributed by atoms with Crippen molar-refractivity contribution in [2.24, 2.45) is 0 Å². The third-order valence-electron chi connectivity index (χ3n) is 3.77. The number of piperazine rings is 1. The van der Waals surface area contributed by atoms with E-state index < -0.39 is 0 Å². The number of urea groups is 1. The molecule has 0 aliphatic carbocycles. The van der Waals surface area contributed by atoms with Gasteiger partial charge in [0.1, 0.15) is 5.78 Å². The molecule has 5 nitrogen and oxygen atoms in total. The molecule has 17 heavy (non-hydrogen) atoms. The van der Waals surface area contributed by atoms with Gasteiger partial charge < -0.3 is 15.1 Å². The summed E-state index contributed by atoms with van der Waals surface area (Å²) in [5.41, 5.74) is 0. The molecule has 2 saturated heterocycles. The number of ketones is 1. The van der Waals surface area contributed by atoms with Crippen molar-refractivity contribution >= 4 is 11.8 Å². The van der Waals surface area contributed by atoms with E-state index >= 15 is 0 Å². The Morgan fingerprint density at radius 3 is 2.35 bits per heavy atom. The zero-order valence-electron chi connectivity index (χ0n) is 10.8. The SMILES string of the molecule is CC(C)N(C)C(=O)N1C2CNCC1CC(=O)C2. The molecule has 0 radical (unpaired) electrons. The first kappa shape index (κ1) is 12.4. The third-order valence-corrected chi connectivity index (χ3v) is 3.77. The highest BCUT2D eigenvalue weighted by Crippen LogP contribution is 2.24. The van der Waals surface area contributed by atoms with Crippen molar-refractivity contribution in [3.05, 3.63) is 0 Å². The molecule has 0 saturated carbocycles. The molecule has 2 aliphatic rings. The molecule has 2 amide bonds. The van der Waals surface area contributed by atoms with Gasteiger partial charge in [0.25, 0.3) is 0 Å². The number of carbonyl (C=O) groups excluding carboxylic acids is 2. The van der Waals surface area contributed by atoms with Gasteiger partial charge in [0.2, 0.25) is 0 Å². The fourth-order valence-electron chi connectivity index (χ4n) is 2.58. The van der Waals surface area contributed by atoms with Gasteiger partial charge in [-0.15, -0.1) is 0 Å².